The van der Waals surface area contributed by atoms with Crippen molar-refractivity contribution in [3.63, 3.8) is 0 Å². The molecule has 0 amide bonds. The van der Waals surface area contributed by atoms with Gasteiger partial charge < -0.3 is 11.1 Å². The number of nitrogens with two attached hydrogens (primary N) is 1. The first-order valence-corrected chi connectivity index (χ1v) is 6.10. The molecule has 2 aromatic heterocycles. The Kier molecular flexibility index (Phi) is 3.43. The molecule has 2 rings (SSSR count). The van der Waals surface area contributed by atoms with Crippen LogP contribution < -0.4 is 11.1 Å². The monoisotopic (exact) mass is 250 g/mol. The second kappa shape index (κ2) is 5.01. The Bertz CT molecular complexity index is 504. The molecule has 3 N–H and O–H groups in total. The van der Waals surface area contributed by atoms with Crippen LogP contribution in [0.1, 0.15) is 16.6 Å². The lowest BCUT2D eigenvalue weighted by atomic mass is 10.3. The van der Waals surface area contributed by atoms with Crippen molar-refractivity contribution in [2.45, 2.75) is 13.5 Å². The second-order valence-corrected chi connectivity index (χ2v) is 4.70. The van der Waals surface area contributed by atoms with Gasteiger partial charge in [0.15, 0.2) is 5.78 Å². The van der Waals surface area contributed by atoms with E-state index in [0.29, 0.717) is 10.6 Å². The molecule has 0 saturated heterocycles. The molecule has 2 aromatic rings. The van der Waals surface area contributed by atoms with Gasteiger partial charge in [0.25, 0.3) is 0 Å². The standard InChI is InChI=1S/C11H14N4OS/c1-8(16)11-9(12)7-10(17-11)13-4-6-15-5-2-3-14-15/h2-3,5,7,13H,4,6,12H2,1H3. The lowest BCUT2D eigenvalue weighted by Crippen LogP contribution is -2.09. The van der Waals surface area contributed by atoms with E-state index in [1.165, 1.54) is 18.3 Å². The van der Waals surface area contributed by atoms with Gasteiger partial charge in [0.2, 0.25) is 0 Å². The highest BCUT2D eigenvalue weighted by atomic mass is 32.1. The van der Waals surface area contributed by atoms with Crippen molar-refractivity contribution in [3.8, 4) is 0 Å². The van der Waals surface area contributed by atoms with Crippen molar-refractivity contribution in [2.75, 3.05) is 17.6 Å². The molecule has 0 fully saturated rings. The molecule has 90 valence electrons. The fourth-order valence-electron chi connectivity index (χ4n) is 1.49. The lowest BCUT2D eigenvalue weighted by molar-refractivity contribution is 0.102. The number of nitrogens with zero attached hydrogens (tertiary/aromatic N) is 2. The third kappa shape index (κ3) is 2.85. The molecule has 0 aliphatic rings. The molecule has 0 saturated carbocycles. The van der Waals surface area contributed by atoms with Crippen LogP contribution in [0.5, 0.6) is 0 Å². The first-order chi connectivity index (χ1) is 8.16. The molecule has 6 heteroatoms. The molecule has 0 unspecified atom stereocenters. The van der Waals surface area contributed by atoms with Gasteiger partial charge in [-0.05, 0) is 12.1 Å². The molecule has 0 bridgehead atoms. The molecule has 0 radical (unpaired) electrons. The molecular formula is C11H14N4OS. The van der Waals surface area contributed by atoms with Gasteiger partial charge in [0.05, 0.1) is 22.1 Å². The maximum Gasteiger partial charge on any atom is 0.171 e. The smallest absolute Gasteiger partial charge is 0.171 e. The van der Waals surface area contributed by atoms with Crippen LogP contribution in [0.3, 0.4) is 0 Å². The number of thiophene rings is 1. The van der Waals surface area contributed by atoms with Gasteiger partial charge >= 0.3 is 0 Å². The number of anilines is 2. The minimum absolute atomic E-state index is 0.00706. The molecule has 5 nitrogen and oxygen atoms in total. The molecule has 2 heterocycles. The molecule has 0 aliphatic heterocycles. The molecule has 0 spiro atoms. The van der Waals surface area contributed by atoms with Crippen LogP contribution in [-0.4, -0.2) is 22.1 Å². The Balaban J connectivity index is 1.91. The summed E-state index contributed by atoms with van der Waals surface area (Å²) in [5.41, 5.74) is 6.29. The number of hydrogen-bond donors (Lipinski definition) is 2. The Hall–Kier alpha value is -1.82. The summed E-state index contributed by atoms with van der Waals surface area (Å²) in [6, 6.07) is 3.68. The number of aromatic nitrogens is 2. The molecule has 0 aliphatic carbocycles. The second-order valence-electron chi connectivity index (χ2n) is 3.65. The minimum Gasteiger partial charge on any atom is -0.397 e. The van der Waals surface area contributed by atoms with E-state index in [0.717, 1.165) is 18.1 Å². The van der Waals surface area contributed by atoms with Gasteiger partial charge in [-0.3, -0.25) is 9.48 Å². The fourth-order valence-corrected chi connectivity index (χ4v) is 2.39. The van der Waals surface area contributed by atoms with Crippen molar-refractivity contribution in [1.29, 1.82) is 0 Å². The summed E-state index contributed by atoms with van der Waals surface area (Å²) < 4.78 is 1.84. The van der Waals surface area contributed by atoms with E-state index in [2.05, 4.69) is 10.4 Å². The number of ketones is 1. The Labute approximate surface area is 103 Å². The molecule has 0 atom stereocenters. The van der Waals surface area contributed by atoms with Crippen LogP contribution in [-0.2, 0) is 6.54 Å². The number of rotatable bonds is 5. The summed E-state index contributed by atoms with van der Waals surface area (Å²) in [7, 11) is 0. The summed E-state index contributed by atoms with van der Waals surface area (Å²) in [5, 5.41) is 8.24. The van der Waals surface area contributed by atoms with Crippen LogP contribution in [0.2, 0.25) is 0 Å². The summed E-state index contributed by atoms with van der Waals surface area (Å²) in [4.78, 5) is 11.8. The van der Waals surface area contributed by atoms with E-state index in [1.54, 1.807) is 12.3 Å². The van der Waals surface area contributed by atoms with Crippen molar-refractivity contribution < 1.29 is 4.79 Å². The lowest BCUT2D eigenvalue weighted by Gasteiger charge is -2.03. The van der Waals surface area contributed by atoms with Gasteiger partial charge in [-0.25, -0.2) is 0 Å². The van der Waals surface area contributed by atoms with Gasteiger partial charge in [0, 0.05) is 25.9 Å². The number of carbonyl (C=O) groups is 1. The Morgan fingerprint density at radius 1 is 1.65 bits per heavy atom. The van der Waals surface area contributed by atoms with Gasteiger partial charge in [0.1, 0.15) is 0 Å². The molecular weight excluding hydrogens is 236 g/mol. The zero-order valence-electron chi connectivity index (χ0n) is 9.51. The predicted molar refractivity (Wildman–Crippen MR) is 69.5 cm³/mol. The zero-order valence-corrected chi connectivity index (χ0v) is 10.3. The van der Waals surface area contributed by atoms with E-state index < -0.39 is 0 Å². The Morgan fingerprint density at radius 3 is 3.06 bits per heavy atom. The number of hydrogen-bond acceptors (Lipinski definition) is 5. The van der Waals surface area contributed by atoms with E-state index in [9.17, 15) is 4.79 Å². The van der Waals surface area contributed by atoms with Crippen LogP contribution in [0.4, 0.5) is 10.7 Å². The molecule has 0 aromatic carbocycles. The van der Waals surface area contributed by atoms with Crippen molar-refractivity contribution in [1.82, 2.24) is 9.78 Å². The maximum atomic E-state index is 11.2. The Morgan fingerprint density at radius 2 is 2.47 bits per heavy atom. The number of nitrogen functional groups attached to an aromatic ring is 1. The molecule has 17 heavy (non-hydrogen) atoms. The normalized spacial score (nSPS) is 10.4. The third-order valence-corrected chi connectivity index (χ3v) is 3.49. The SMILES string of the molecule is CC(=O)c1sc(NCCn2cccn2)cc1N. The predicted octanol–water partition coefficient (Wildman–Crippen LogP) is 1.84. The van der Waals surface area contributed by atoms with Crippen molar-refractivity contribution in [2.24, 2.45) is 0 Å². The average molecular weight is 250 g/mol. The highest BCUT2D eigenvalue weighted by Crippen LogP contribution is 2.29. The topological polar surface area (TPSA) is 72.9 Å². The van der Waals surface area contributed by atoms with Crippen LogP contribution in [0, 0.1) is 0 Å². The van der Waals surface area contributed by atoms with Crippen molar-refractivity contribution >= 4 is 27.8 Å². The first-order valence-electron chi connectivity index (χ1n) is 5.28. The van der Waals surface area contributed by atoms with E-state index in [-0.39, 0.29) is 5.78 Å². The van der Waals surface area contributed by atoms with Gasteiger partial charge in [-0.1, -0.05) is 0 Å². The third-order valence-electron chi connectivity index (χ3n) is 2.28. The summed E-state index contributed by atoms with van der Waals surface area (Å²) in [6.07, 6.45) is 3.66. The van der Waals surface area contributed by atoms with Gasteiger partial charge in [-0.2, -0.15) is 5.10 Å². The first kappa shape index (κ1) is 11.7. The largest absolute Gasteiger partial charge is 0.397 e. The minimum atomic E-state index is 0.00706. The van der Waals surface area contributed by atoms with E-state index in [4.69, 9.17) is 5.73 Å². The van der Waals surface area contributed by atoms with E-state index >= 15 is 0 Å². The maximum absolute atomic E-state index is 11.2. The average Bonchev–Trinajstić information content (AvgIpc) is 2.88. The zero-order chi connectivity index (χ0) is 12.3. The highest BCUT2D eigenvalue weighted by molar-refractivity contribution is 7.18. The van der Waals surface area contributed by atoms with Crippen LogP contribution in [0.25, 0.3) is 0 Å². The number of Topliss-reactive ketones (excluding diaryl/α,β-unsaturated/α-hetero) is 1. The quantitative estimate of drug-likeness (QED) is 0.794. The number of carbonyl (C=O) groups excluding carboxylic acids is 1. The van der Waals surface area contributed by atoms with Crippen LogP contribution in [0.15, 0.2) is 24.5 Å². The summed E-state index contributed by atoms with van der Waals surface area (Å²) in [5.74, 6) is 0.00706. The summed E-state index contributed by atoms with van der Waals surface area (Å²) >= 11 is 1.39. The van der Waals surface area contributed by atoms with Gasteiger partial charge in [-0.15, -0.1) is 11.3 Å². The van der Waals surface area contributed by atoms with E-state index in [1.807, 2.05) is 16.9 Å². The van der Waals surface area contributed by atoms with Crippen LogP contribution >= 0.6 is 11.3 Å². The number of nitrogens with one attached hydrogen (secondary N) is 1. The summed E-state index contributed by atoms with van der Waals surface area (Å²) in [6.45, 7) is 3.05. The highest BCUT2D eigenvalue weighted by Gasteiger charge is 2.09. The fraction of sp³-hybridized carbons (Fsp3) is 0.273. The van der Waals surface area contributed by atoms with Crippen molar-refractivity contribution in [3.05, 3.63) is 29.4 Å².